The maximum atomic E-state index is 11.1. The van der Waals surface area contributed by atoms with Crippen LogP contribution in [0.3, 0.4) is 0 Å². The standard InChI is InChI=1S/C10H16N2O3/c1-6-7(2)15-10(12-6)8(5-11)4-9(13)14-3/h8H,4-5,11H2,1-3H3. The number of hydrogen-bond acceptors (Lipinski definition) is 5. The summed E-state index contributed by atoms with van der Waals surface area (Å²) < 4.78 is 9.99. The molecule has 1 aromatic heterocycles. The first-order valence-electron chi connectivity index (χ1n) is 4.79. The van der Waals surface area contributed by atoms with Crippen molar-refractivity contribution in [2.45, 2.75) is 26.2 Å². The number of carbonyl (C=O) groups is 1. The van der Waals surface area contributed by atoms with Gasteiger partial charge in [0.25, 0.3) is 0 Å². The monoisotopic (exact) mass is 212 g/mol. The Balaban J connectivity index is 2.78. The summed E-state index contributed by atoms with van der Waals surface area (Å²) >= 11 is 0. The molecule has 5 nitrogen and oxygen atoms in total. The van der Waals surface area contributed by atoms with Crippen molar-refractivity contribution in [3.8, 4) is 0 Å². The molecule has 15 heavy (non-hydrogen) atoms. The SMILES string of the molecule is COC(=O)CC(CN)c1nc(C)c(C)o1. The summed E-state index contributed by atoms with van der Waals surface area (Å²) in [7, 11) is 1.35. The second kappa shape index (κ2) is 4.93. The number of aromatic nitrogens is 1. The Labute approximate surface area is 88.6 Å². The van der Waals surface area contributed by atoms with Gasteiger partial charge in [-0.3, -0.25) is 4.79 Å². The van der Waals surface area contributed by atoms with Crippen LogP contribution in [0, 0.1) is 13.8 Å². The molecule has 0 aliphatic rings. The minimum absolute atomic E-state index is 0.201. The van der Waals surface area contributed by atoms with Gasteiger partial charge in [0.1, 0.15) is 5.76 Å². The topological polar surface area (TPSA) is 78.4 Å². The van der Waals surface area contributed by atoms with Crippen molar-refractivity contribution in [1.29, 1.82) is 0 Å². The zero-order chi connectivity index (χ0) is 11.4. The molecule has 0 aromatic carbocycles. The highest BCUT2D eigenvalue weighted by atomic mass is 16.5. The lowest BCUT2D eigenvalue weighted by Gasteiger charge is -2.08. The lowest BCUT2D eigenvalue weighted by atomic mass is 10.1. The van der Waals surface area contributed by atoms with Crippen LogP contribution in [0.2, 0.25) is 0 Å². The van der Waals surface area contributed by atoms with Crippen LogP contribution in [-0.4, -0.2) is 24.6 Å². The highest BCUT2D eigenvalue weighted by Crippen LogP contribution is 2.20. The zero-order valence-corrected chi connectivity index (χ0v) is 9.24. The summed E-state index contributed by atoms with van der Waals surface area (Å²) in [6, 6.07) is 0. The van der Waals surface area contributed by atoms with E-state index in [9.17, 15) is 4.79 Å². The van der Waals surface area contributed by atoms with Crippen LogP contribution in [0.25, 0.3) is 0 Å². The smallest absolute Gasteiger partial charge is 0.306 e. The molecule has 2 N–H and O–H groups in total. The molecule has 84 valence electrons. The molecule has 0 saturated heterocycles. The average Bonchev–Trinajstić information content (AvgIpc) is 2.55. The van der Waals surface area contributed by atoms with E-state index in [0.29, 0.717) is 12.4 Å². The van der Waals surface area contributed by atoms with Crippen molar-refractivity contribution in [2.75, 3.05) is 13.7 Å². The fourth-order valence-electron chi connectivity index (χ4n) is 1.23. The molecule has 0 aliphatic carbocycles. The number of rotatable bonds is 4. The normalized spacial score (nSPS) is 12.5. The average molecular weight is 212 g/mol. The zero-order valence-electron chi connectivity index (χ0n) is 9.24. The molecule has 1 atom stereocenters. The minimum atomic E-state index is -0.307. The van der Waals surface area contributed by atoms with Crippen LogP contribution in [0.15, 0.2) is 4.42 Å². The Hall–Kier alpha value is -1.36. The van der Waals surface area contributed by atoms with Crippen LogP contribution in [0.4, 0.5) is 0 Å². The van der Waals surface area contributed by atoms with Crippen LogP contribution >= 0.6 is 0 Å². The van der Waals surface area contributed by atoms with Crippen molar-refractivity contribution in [1.82, 2.24) is 4.98 Å². The van der Waals surface area contributed by atoms with E-state index in [4.69, 9.17) is 10.2 Å². The molecule has 1 unspecified atom stereocenters. The third-order valence-electron chi connectivity index (χ3n) is 2.32. The highest BCUT2D eigenvalue weighted by Gasteiger charge is 2.20. The van der Waals surface area contributed by atoms with Crippen molar-refractivity contribution in [3.05, 3.63) is 17.3 Å². The summed E-state index contributed by atoms with van der Waals surface area (Å²) in [4.78, 5) is 15.3. The first-order chi connectivity index (χ1) is 7.08. The maximum Gasteiger partial charge on any atom is 0.306 e. The fourth-order valence-corrected chi connectivity index (χ4v) is 1.23. The Morgan fingerprint density at radius 3 is 2.67 bits per heavy atom. The van der Waals surface area contributed by atoms with Crippen molar-refractivity contribution >= 4 is 5.97 Å². The summed E-state index contributed by atoms with van der Waals surface area (Å²) in [5, 5.41) is 0. The first-order valence-corrected chi connectivity index (χ1v) is 4.79. The van der Waals surface area contributed by atoms with Gasteiger partial charge < -0.3 is 14.9 Å². The molecule has 1 aromatic rings. The molecule has 0 saturated carbocycles. The van der Waals surface area contributed by atoms with Crippen LogP contribution in [0.5, 0.6) is 0 Å². The number of esters is 1. The summed E-state index contributed by atoms with van der Waals surface area (Å²) in [5.74, 6) is 0.759. The van der Waals surface area contributed by atoms with Crippen molar-refractivity contribution in [3.63, 3.8) is 0 Å². The van der Waals surface area contributed by atoms with Gasteiger partial charge >= 0.3 is 5.97 Å². The minimum Gasteiger partial charge on any atom is -0.469 e. The Kier molecular flexibility index (Phi) is 3.85. The largest absolute Gasteiger partial charge is 0.469 e. The number of methoxy groups -OCH3 is 1. The molecular formula is C10H16N2O3. The van der Waals surface area contributed by atoms with Gasteiger partial charge in [0.2, 0.25) is 0 Å². The number of nitrogens with two attached hydrogens (primary N) is 1. The second-order valence-corrected chi connectivity index (χ2v) is 3.41. The number of carbonyl (C=O) groups excluding carboxylic acids is 1. The van der Waals surface area contributed by atoms with Crippen molar-refractivity contribution < 1.29 is 13.9 Å². The third kappa shape index (κ3) is 2.79. The lowest BCUT2D eigenvalue weighted by Crippen LogP contribution is -2.17. The third-order valence-corrected chi connectivity index (χ3v) is 2.32. The number of ether oxygens (including phenoxy) is 1. The molecule has 1 heterocycles. The quantitative estimate of drug-likeness (QED) is 0.750. The molecule has 0 amide bonds. The van der Waals surface area contributed by atoms with Gasteiger partial charge in [-0.2, -0.15) is 0 Å². The molecule has 0 bridgehead atoms. The van der Waals surface area contributed by atoms with Crippen LogP contribution < -0.4 is 5.73 Å². The van der Waals surface area contributed by atoms with E-state index in [-0.39, 0.29) is 18.3 Å². The van der Waals surface area contributed by atoms with Gasteiger partial charge in [-0.25, -0.2) is 4.98 Å². The van der Waals surface area contributed by atoms with E-state index >= 15 is 0 Å². The van der Waals surface area contributed by atoms with E-state index in [2.05, 4.69) is 9.72 Å². The van der Waals surface area contributed by atoms with E-state index in [0.717, 1.165) is 11.5 Å². The Bertz CT molecular complexity index is 327. The van der Waals surface area contributed by atoms with Gasteiger partial charge in [0.05, 0.1) is 25.1 Å². The first kappa shape index (κ1) is 11.7. The molecule has 0 spiro atoms. The van der Waals surface area contributed by atoms with E-state index in [1.807, 2.05) is 13.8 Å². The number of oxazole rings is 1. The Morgan fingerprint density at radius 2 is 2.27 bits per heavy atom. The fraction of sp³-hybridized carbons (Fsp3) is 0.600. The molecular weight excluding hydrogens is 196 g/mol. The van der Waals surface area contributed by atoms with Crippen LogP contribution in [0.1, 0.15) is 29.7 Å². The Morgan fingerprint density at radius 1 is 1.60 bits per heavy atom. The van der Waals surface area contributed by atoms with Crippen molar-refractivity contribution in [2.24, 2.45) is 5.73 Å². The molecule has 0 aliphatic heterocycles. The number of hydrogen-bond donors (Lipinski definition) is 1. The molecule has 0 radical (unpaired) electrons. The van der Waals surface area contributed by atoms with E-state index < -0.39 is 0 Å². The maximum absolute atomic E-state index is 11.1. The van der Waals surface area contributed by atoms with Gasteiger partial charge in [-0.05, 0) is 13.8 Å². The van der Waals surface area contributed by atoms with Crippen LogP contribution in [-0.2, 0) is 9.53 Å². The summed E-state index contributed by atoms with van der Waals surface area (Å²) in [6.45, 7) is 4.00. The highest BCUT2D eigenvalue weighted by molar-refractivity contribution is 5.70. The lowest BCUT2D eigenvalue weighted by molar-refractivity contribution is -0.141. The predicted molar refractivity (Wildman–Crippen MR) is 54.4 cm³/mol. The molecule has 5 heteroatoms. The molecule has 0 fully saturated rings. The summed E-state index contributed by atoms with van der Waals surface area (Å²) in [5.41, 5.74) is 6.39. The van der Waals surface area contributed by atoms with E-state index in [1.54, 1.807) is 0 Å². The van der Waals surface area contributed by atoms with E-state index in [1.165, 1.54) is 7.11 Å². The number of aryl methyl sites for hydroxylation is 2. The predicted octanol–water partition coefficient (Wildman–Crippen LogP) is 0.897. The second-order valence-electron chi connectivity index (χ2n) is 3.41. The number of nitrogens with zero attached hydrogens (tertiary/aromatic N) is 1. The van der Waals surface area contributed by atoms with Gasteiger partial charge in [0.15, 0.2) is 5.89 Å². The molecule has 1 rings (SSSR count). The van der Waals surface area contributed by atoms with Gasteiger partial charge in [0, 0.05) is 6.54 Å². The van der Waals surface area contributed by atoms with Gasteiger partial charge in [-0.15, -0.1) is 0 Å². The van der Waals surface area contributed by atoms with Gasteiger partial charge in [-0.1, -0.05) is 0 Å². The summed E-state index contributed by atoms with van der Waals surface area (Å²) in [6.07, 6.45) is 0.201.